The van der Waals surface area contributed by atoms with E-state index in [0.717, 1.165) is 11.4 Å². The molecule has 0 unspecified atom stereocenters. The first kappa shape index (κ1) is 14.4. The standard InChI is InChI=1S/C13H11N5O2S2/c1-8-6-21-12(16-8)18-13(19)20-10-11(22-7-15-10)17-9-3-2-4-14-5-9/h2-7,17H,1H3,(H,16,18,19). The van der Waals surface area contributed by atoms with Gasteiger partial charge in [0.2, 0.25) is 0 Å². The van der Waals surface area contributed by atoms with Crippen LogP contribution in [0, 0.1) is 6.92 Å². The molecule has 3 aromatic heterocycles. The lowest BCUT2D eigenvalue weighted by Crippen LogP contribution is -2.17. The van der Waals surface area contributed by atoms with Gasteiger partial charge in [0.05, 0.1) is 23.1 Å². The lowest BCUT2D eigenvalue weighted by atomic mass is 10.4. The van der Waals surface area contributed by atoms with E-state index in [0.29, 0.717) is 10.1 Å². The molecule has 0 fully saturated rings. The molecule has 112 valence electrons. The summed E-state index contributed by atoms with van der Waals surface area (Å²) in [5.74, 6) is 0.208. The fourth-order valence-electron chi connectivity index (χ4n) is 1.57. The first-order valence-corrected chi connectivity index (χ1v) is 7.98. The van der Waals surface area contributed by atoms with Crippen molar-refractivity contribution in [1.29, 1.82) is 0 Å². The number of hydrogen-bond acceptors (Lipinski definition) is 8. The molecule has 1 amide bonds. The van der Waals surface area contributed by atoms with Gasteiger partial charge in [-0.15, -0.1) is 22.7 Å². The third kappa shape index (κ3) is 3.57. The quantitative estimate of drug-likeness (QED) is 0.757. The molecule has 0 aliphatic heterocycles. The monoisotopic (exact) mass is 333 g/mol. The molecular weight excluding hydrogens is 322 g/mol. The number of thiazole rings is 2. The maximum absolute atomic E-state index is 11.9. The number of nitrogens with one attached hydrogen (secondary N) is 2. The molecule has 2 N–H and O–H groups in total. The molecule has 0 saturated carbocycles. The molecule has 0 atom stereocenters. The number of carbonyl (C=O) groups excluding carboxylic acids is 1. The zero-order valence-electron chi connectivity index (χ0n) is 11.4. The average Bonchev–Trinajstić information content (AvgIpc) is 3.10. The van der Waals surface area contributed by atoms with Crippen molar-refractivity contribution in [2.45, 2.75) is 6.92 Å². The zero-order valence-corrected chi connectivity index (χ0v) is 13.1. The Kier molecular flexibility index (Phi) is 4.26. The van der Waals surface area contributed by atoms with Gasteiger partial charge in [-0.1, -0.05) is 0 Å². The number of aromatic nitrogens is 3. The van der Waals surface area contributed by atoms with Crippen molar-refractivity contribution >= 4 is 44.6 Å². The summed E-state index contributed by atoms with van der Waals surface area (Å²) in [4.78, 5) is 24.0. The average molecular weight is 333 g/mol. The fourth-order valence-corrected chi connectivity index (χ4v) is 2.87. The lowest BCUT2D eigenvalue weighted by Gasteiger charge is -2.06. The number of pyridine rings is 1. The van der Waals surface area contributed by atoms with Crippen molar-refractivity contribution in [2.75, 3.05) is 10.6 Å². The number of nitrogens with zero attached hydrogens (tertiary/aromatic N) is 3. The van der Waals surface area contributed by atoms with Gasteiger partial charge in [0, 0.05) is 11.6 Å². The highest BCUT2D eigenvalue weighted by Gasteiger charge is 2.14. The molecule has 0 spiro atoms. The van der Waals surface area contributed by atoms with Crippen LogP contribution in [0.1, 0.15) is 5.69 Å². The van der Waals surface area contributed by atoms with E-state index in [4.69, 9.17) is 4.74 Å². The molecule has 7 nitrogen and oxygen atoms in total. The summed E-state index contributed by atoms with van der Waals surface area (Å²) in [7, 11) is 0. The van der Waals surface area contributed by atoms with Gasteiger partial charge in [-0.05, 0) is 19.1 Å². The molecule has 22 heavy (non-hydrogen) atoms. The Bertz CT molecular complexity index is 772. The molecule has 3 rings (SSSR count). The molecule has 9 heteroatoms. The van der Waals surface area contributed by atoms with Gasteiger partial charge in [0.1, 0.15) is 0 Å². The molecule has 0 bridgehead atoms. The predicted octanol–water partition coefficient (Wildman–Crippen LogP) is 3.66. The minimum Gasteiger partial charge on any atom is -0.388 e. The molecule has 3 aromatic rings. The zero-order chi connectivity index (χ0) is 15.4. The van der Waals surface area contributed by atoms with Crippen molar-refractivity contribution in [1.82, 2.24) is 15.0 Å². The van der Waals surface area contributed by atoms with E-state index in [2.05, 4.69) is 25.6 Å². The Morgan fingerprint density at radius 1 is 1.36 bits per heavy atom. The Balaban J connectivity index is 1.66. The minimum absolute atomic E-state index is 0.208. The number of aryl methyl sites for hydroxylation is 1. The van der Waals surface area contributed by atoms with Crippen LogP contribution in [-0.4, -0.2) is 21.0 Å². The van der Waals surface area contributed by atoms with Crippen molar-refractivity contribution in [2.24, 2.45) is 0 Å². The molecule has 0 aromatic carbocycles. The maximum atomic E-state index is 11.9. The van der Waals surface area contributed by atoms with Crippen LogP contribution in [0.2, 0.25) is 0 Å². The summed E-state index contributed by atoms with van der Waals surface area (Å²) in [6.45, 7) is 1.85. The molecular formula is C13H11N5O2S2. The number of amides is 1. The predicted molar refractivity (Wildman–Crippen MR) is 86.1 cm³/mol. The molecule has 0 radical (unpaired) electrons. The lowest BCUT2D eigenvalue weighted by molar-refractivity contribution is 0.214. The molecule has 3 heterocycles. The third-order valence-electron chi connectivity index (χ3n) is 2.47. The van der Waals surface area contributed by atoms with Crippen molar-refractivity contribution in [3.63, 3.8) is 0 Å². The number of carbonyl (C=O) groups is 1. The van der Waals surface area contributed by atoms with Gasteiger partial charge in [-0.25, -0.2) is 14.8 Å². The van der Waals surface area contributed by atoms with E-state index in [-0.39, 0.29) is 5.88 Å². The van der Waals surface area contributed by atoms with Crippen molar-refractivity contribution < 1.29 is 9.53 Å². The Labute approximate surface area is 134 Å². The summed E-state index contributed by atoms with van der Waals surface area (Å²) in [6, 6.07) is 3.66. The normalized spacial score (nSPS) is 10.2. The third-order valence-corrected chi connectivity index (χ3v) is 4.07. The highest BCUT2D eigenvalue weighted by molar-refractivity contribution is 7.14. The highest BCUT2D eigenvalue weighted by atomic mass is 32.1. The number of anilines is 3. The number of hydrogen-bond donors (Lipinski definition) is 2. The molecule has 0 aliphatic carbocycles. The largest absolute Gasteiger partial charge is 0.420 e. The van der Waals surface area contributed by atoms with E-state index in [1.165, 1.54) is 22.7 Å². The smallest absolute Gasteiger partial charge is 0.388 e. The SMILES string of the molecule is Cc1csc(NC(=O)Oc2ncsc2Nc2cccnc2)n1. The van der Waals surface area contributed by atoms with Gasteiger partial charge in [-0.2, -0.15) is 0 Å². The van der Waals surface area contributed by atoms with E-state index in [1.54, 1.807) is 24.0 Å². The van der Waals surface area contributed by atoms with E-state index < -0.39 is 6.09 Å². The van der Waals surface area contributed by atoms with Crippen LogP contribution in [0.25, 0.3) is 0 Å². The van der Waals surface area contributed by atoms with Gasteiger partial charge in [0.15, 0.2) is 10.1 Å². The Morgan fingerprint density at radius 3 is 3.00 bits per heavy atom. The van der Waals surface area contributed by atoms with Crippen LogP contribution >= 0.6 is 22.7 Å². The first-order chi connectivity index (χ1) is 10.7. The topological polar surface area (TPSA) is 89.0 Å². The summed E-state index contributed by atoms with van der Waals surface area (Å²) in [6.07, 6.45) is 2.72. The van der Waals surface area contributed by atoms with Gasteiger partial charge < -0.3 is 10.1 Å². The van der Waals surface area contributed by atoms with Gasteiger partial charge in [0.25, 0.3) is 5.88 Å². The fraction of sp³-hybridized carbons (Fsp3) is 0.0769. The van der Waals surface area contributed by atoms with Gasteiger partial charge in [-0.3, -0.25) is 10.3 Å². The van der Waals surface area contributed by atoms with Crippen molar-refractivity contribution in [3.05, 3.63) is 41.1 Å². The maximum Gasteiger partial charge on any atom is 0.420 e. The van der Waals surface area contributed by atoms with E-state index in [1.807, 2.05) is 18.4 Å². The summed E-state index contributed by atoms with van der Waals surface area (Å²) in [5, 5.41) is 8.61. The second-order valence-electron chi connectivity index (χ2n) is 4.16. The minimum atomic E-state index is -0.630. The van der Waals surface area contributed by atoms with Crippen LogP contribution in [-0.2, 0) is 0 Å². The van der Waals surface area contributed by atoms with E-state index in [9.17, 15) is 4.79 Å². The van der Waals surface area contributed by atoms with Crippen LogP contribution in [0.4, 0.5) is 20.6 Å². The second-order valence-corrected chi connectivity index (χ2v) is 5.87. The Morgan fingerprint density at radius 2 is 2.27 bits per heavy atom. The number of rotatable bonds is 4. The van der Waals surface area contributed by atoms with Crippen LogP contribution < -0.4 is 15.4 Å². The Hall–Kier alpha value is -2.52. The highest BCUT2D eigenvalue weighted by Crippen LogP contribution is 2.30. The molecule has 0 aliphatic rings. The number of ether oxygens (including phenoxy) is 1. The second kappa shape index (κ2) is 6.50. The van der Waals surface area contributed by atoms with Crippen LogP contribution in [0.3, 0.4) is 0 Å². The summed E-state index contributed by atoms with van der Waals surface area (Å²) >= 11 is 2.66. The first-order valence-electron chi connectivity index (χ1n) is 6.22. The summed E-state index contributed by atoms with van der Waals surface area (Å²) < 4.78 is 5.20. The van der Waals surface area contributed by atoms with Gasteiger partial charge >= 0.3 is 6.09 Å². The van der Waals surface area contributed by atoms with Crippen LogP contribution in [0.15, 0.2) is 35.4 Å². The summed E-state index contributed by atoms with van der Waals surface area (Å²) in [5.41, 5.74) is 3.22. The van der Waals surface area contributed by atoms with Crippen molar-refractivity contribution in [3.8, 4) is 5.88 Å². The van der Waals surface area contributed by atoms with Crippen LogP contribution in [0.5, 0.6) is 5.88 Å². The molecule has 0 saturated heterocycles. The van der Waals surface area contributed by atoms with E-state index >= 15 is 0 Å².